The lowest BCUT2D eigenvalue weighted by atomic mass is 9.98. The highest BCUT2D eigenvalue weighted by molar-refractivity contribution is 5.97. The van der Waals surface area contributed by atoms with Gasteiger partial charge in [0.15, 0.2) is 0 Å². The van der Waals surface area contributed by atoms with Gasteiger partial charge in [-0.25, -0.2) is 0 Å². The Balaban J connectivity index is 1.36. The molecule has 0 aromatic heterocycles. The van der Waals surface area contributed by atoms with Gasteiger partial charge < -0.3 is 37.0 Å². The molecule has 0 radical (unpaired) electrons. The average Bonchev–Trinajstić information content (AvgIpc) is 3.29. The molecule has 318 valence electrons. The second-order valence-corrected chi connectivity index (χ2v) is 14.9. The first kappa shape index (κ1) is 44.0. The van der Waals surface area contributed by atoms with Crippen LogP contribution in [0, 0.1) is 0 Å². The summed E-state index contributed by atoms with van der Waals surface area (Å²) in [4.78, 5) is 94.3. The van der Waals surface area contributed by atoms with Crippen LogP contribution in [0.5, 0.6) is 0 Å². The molecule has 6 amide bonds. The Labute approximate surface area is 358 Å². The van der Waals surface area contributed by atoms with Gasteiger partial charge in [0, 0.05) is 31.4 Å². The van der Waals surface area contributed by atoms with Gasteiger partial charge in [-0.1, -0.05) is 127 Å². The van der Waals surface area contributed by atoms with E-state index in [1.54, 1.807) is 54.6 Å². The van der Waals surface area contributed by atoms with Crippen molar-refractivity contribution < 1.29 is 38.7 Å². The van der Waals surface area contributed by atoms with E-state index in [0.29, 0.717) is 28.8 Å². The molecule has 0 fully saturated rings. The fraction of sp³-hybridized carbons (Fsp3) is 0.229. The fourth-order valence-corrected chi connectivity index (χ4v) is 7.02. The lowest BCUT2D eigenvalue weighted by Gasteiger charge is -2.27. The molecular formula is C48H48N6O8. The number of amides is 6. The van der Waals surface area contributed by atoms with Crippen LogP contribution in [-0.2, 0) is 52.8 Å². The van der Waals surface area contributed by atoms with Crippen LogP contribution in [0.25, 0.3) is 11.1 Å². The van der Waals surface area contributed by atoms with Gasteiger partial charge in [-0.15, -0.1) is 0 Å². The molecule has 7 N–H and O–H groups in total. The van der Waals surface area contributed by atoms with Gasteiger partial charge in [0.25, 0.3) is 0 Å². The molecule has 1 unspecified atom stereocenters. The third-order valence-electron chi connectivity index (χ3n) is 10.3. The number of carboxylic acid groups (broad SMARTS) is 1. The summed E-state index contributed by atoms with van der Waals surface area (Å²) in [6, 6.07) is 36.4. The Morgan fingerprint density at radius 2 is 1.16 bits per heavy atom. The Kier molecular flexibility index (Phi) is 15.3. The lowest BCUT2D eigenvalue weighted by Crippen LogP contribution is -2.58. The van der Waals surface area contributed by atoms with Crippen molar-refractivity contribution in [1.82, 2.24) is 26.6 Å². The Bertz CT molecular complexity index is 2340. The zero-order chi connectivity index (χ0) is 43.8. The maximum Gasteiger partial charge on any atom is 0.322 e. The third kappa shape index (κ3) is 12.9. The predicted octanol–water partition coefficient (Wildman–Crippen LogP) is 4.02. The van der Waals surface area contributed by atoms with Crippen LogP contribution in [0.1, 0.15) is 47.6 Å². The number of hydrogen-bond donors (Lipinski definition) is 7. The number of aryl methyl sites for hydroxylation is 1. The average molecular weight is 837 g/mol. The van der Waals surface area contributed by atoms with E-state index in [1.165, 1.54) is 0 Å². The van der Waals surface area contributed by atoms with Gasteiger partial charge in [-0.2, -0.15) is 0 Å². The molecule has 0 spiro atoms. The summed E-state index contributed by atoms with van der Waals surface area (Å²) in [7, 11) is 0. The quantitative estimate of drug-likeness (QED) is 0.102. The summed E-state index contributed by atoms with van der Waals surface area (Å²) >= 11 is 0. The molecule has 2 bridgehead atoms. The summed E-state index contributed by atoms with van der Waals surface area (Å²) in [6.07, 6.45) is -0.0864. The number of rotatable bonds is 10. The van der Waals surface area contributed by atoms with Crippen molar-refractivity contribution in [3.05, 3.63) is 162 Å². The number of nitrogens with one attached hydrogen (secondary N) is 6. The van der Waals surface area contributed by atoms with Crippen molar-refractivity contribution in [3.63, 3.8) is 0 Å². The number of carbonyl (C=O) groups is 7. The summed E-state index contributed by atoms with van der Waals surface area (Å²) in [5.41, 5.74) is 4.90. The van der Waals surface area contributed by atoms with E-state index in [9.17, 15) is 38.7 Å². The number of carboxylic acids is 1. The van der Waals surface area contributed by atoms with Gasteiger partial charge in [-0.05, 0) is 58.4 Å². The van der Waals surface area contributed by atoms with Crippen LogP contribution >= 0.6 is 0 Å². The van der Waals surface area contributed by atoms with Crippen molar-refractivity contribution in [2.75, 3.05) is 11.9 Å². The Morgan fingerprint density at radius 3 is 1.82 bits per heavy atom. The first-order valence-corrected chi connectivity index (χ1v) is 20.3. The number of fused-ring (bicyclic) bond motifs is 18. The molecule has 14 heteroatoms. The second-order valence-electron chi connectivity index (χ2n) is 14.9. The van der Waals surface area contributed by atoms with E-state index in [2.05, 4.69) is 31.9 Å². The Hall–Kier alpha value is -7.61. The van der Waals surface area contributed by atoms with Crippen LogP contribution in [0.15, 0.2) is 140 Å². The number of carbonyl (C=O) groups excluding carboxylic acids is 6. The first-order valence-electron chi connectivity index (χ1n) is 20.3. The number of aliphatic carboxylic acids is 1. The van der Waals surface area contributed by atoms with E-state index in [1.807, 2.05) is 84.9 Å². The van der Waals surface area contributed by atoms with Gasteiger partial charge >= 0.3 is 5.97 Å². The molecule has 2 aliphatic rings. The molecule has 14 nitrogen and oxygen atoms in total. The zero-order valence-corrected chi connectivity index (χ0v) is 33.8. The summed E-state index contributed by atoms with van der Waals surface area (Å²) in [5, 5.41) is 25.5. The number of benzene rings is 5. The maximum atomic E-state index is 14.6. The molecule has 7 rings (SSSR count). The van der Waals surface area contributed by atoms with Crippen LogP contribution in [0.3, 0.4) is 0 Å². The molecule has 2 aliphatic heterocycles. The standard InChI is InChI=1S/C48H48N6O8/c55-41-26-27-42(56)54-44(36-14-8-3-9-15-36)48(62)53-40(29-32-16-21-35(22-17-32)34-12-6-2-7-13-34)47(61)51-38(25-20-31-10-4-1-5-11-31)46(60)52-39(45(59)49-30-43(57)58)28-33-18-23-37(50-41)24-19-33/h1-19,21-24,38-40,44H,20,25-30H2,(H,49,59)(H,50,55)(H,51,61)(H,52,60)(H,53,62)(H,54,56)(H,57,58)/t38-,39+,40+,44?/m1/s1. The highest BCUT2D eigenvalue weighted by atomic mass is 16.4. The van der Waals surface area contributed by atoms with E-state index >= 15 is 0 Å². The smallest absolute Gasteiger partial charge is 0.322 e. The van der Waals surface area contributed by atoms with E-state index < -0.39 is 72.1 Å². The molecule has 5 aromatic carbocycles. The molecule has 5 aromatic rings. The largest absolute Gasteiger partial charge is 0.480 e. The highest BCUT2D eigenvalue weighted by Crippen LogP contribution is 2.21. The second kappa shape index (κ2) is 21.6. The van der Waals surface area contributed by atoms with Crippen molar-refractivity contribution in [3.8, 4) is 11.1 Å². The van der Waals surface area contributed by atoms with Crippen molar-refractivity contribution >= 4 is 47.1 Å². The molecular weight excluding hydrogens is 789 g/mol. The SMILES string of the molecule is O=C(O)CNC(=O)[C@@H]1Cc2ccc(cc2)NC(=O)CCC(=O)NC(c2ccccc2)C(=O)N[C@@H](Cc2ccc(-c3ccccc3)cc2)C(=O)N[C@H](CCc2ccccc2)C(=O)N1. The van der Waals surface area contributed by atoms with Crippen molar-refractivity contribution in [1.29, 1.82) is 0 Å². The van der Waals surface area contributed by atoms with Crippen molar-refractivity contribution in [2.24, 2.45) is 0 Å². The third-order valence-corrected chi connectivity index (χ3v) is 10.3. The lowest BCUT2D eigenvalue weighted by molar-refractivity contribution is -0.138. The molecule has 62 heavy (non-hydrogen) atoms. The predicted molar refractivity (Wildman–Crippen MR) is 232 cm³/mol. The minimum Gasteiger partial charge on any atom is -0.480 e. The molecule has 0 aliphatic carbocycles. The van der Waals surface area contributed by atoms with Crippen LogP contribution in [0.4, 0.5) is 5.69 Å². The summed E-state index contributed by atoms with van der Waals surface area (Å²) < 4.78 is 0. The number of hydrogen-bond acceptors (Lipinski definition) is 7. The van der Waals surface area contributed by atoms with E-state index in [0.717, 1.165) is 16.7 Å². The maximum absolute atomic E-state index is 14.6. The normalized spacial score (nSPS) is 19.1. The van der Waals surface area contributed by atoms with Crippen LogP contribution in [-0.4, -0.2) is 71.2 Å². The van der Waals surface area contributed by atoms with Gasteiger partial charge in [0.05, 0.1) is 0 Å². The van der Waals surface area contributed by atoms with E-state index in [4.69, 9.17) is 0 Å². The van der Waals surface area contributed by atoms with Crippen LogP contribution < -0.4 is 31.9 Å². The summed E-state index contributed by atoms with van der Waals surface area (Å²) in [5.74, 6) is -5.22. The van der Waals surface area contributed by atoms with Gasteiger partial charge in [0.1, 0.15) is 30.7 Å². The minimum atomic E-state index is -1.28. The van der Waals surface area contributed by atoms with Gasteiger partial charge in [0.2, 0.25) is 35.4 Å². The minimum absolute atomic E-state index is 0.00859. The Morgan fingerprint density at radius 1 is 0.581 bits per heavy atom. The summed E-state index contributed by atoms with van der Waals surface area (Å²) in [6.45, 7) is -0.695. The zero-order valence-electron chi connectivity index (χ0n) is 33.8. The fourth-order valence-electron chi connectivity index (χ4n) is 7.02. The topological polar surface area (TPSA) is 212 Å². The molecule has 2 heterocycles. The van der Waals surface area contributed by atoms with Crippen LogP contribution in [0.2, 0.25) is 0 Å². The van der Waals surface area contributed by atoms with Gasteiger partial charge in [-0.3, -0.25) is 33.6 Å². The molecule has 4 atom stereocenters. The molecule has 0 saturated carbocycles. The monoisotopic (exact) mass is 836 g/mol. The highest BCUT2D eigenvalue weighted by Gasteiger charge is 2.32. The first-order chi connectivity index (χ1) is 30.0. The number of anilines is 1. The molecule has 0 saturated heterocycles. The van der Waals surface area contributed by atoms with Crippen molar-refractivity contribution in [2.45, 2.75) is 62.7 Å². The van der Waals surface area contributed by atoms with E-state index in [-0.39, 0.29) is 32.1 Å².